The summed E-state index contributed by atoms with van der Waals surface area (Å²) in [4.78, 5) is 0. The average Bonchev–Trinajstić information content (AvgIpc) is 3.30. The van der Waals surface area contributed by atoms with Gasteiger partial charge < -0.3 is 5.84 Å². The molecule has 0 spiro atoms. The molecular formula is C28H23FN4. The highest BCUT2D eigenvalue weighted by Gasteiger charge is 2.56. The van der Waals surface area contributed by atoms with Crippen LogP contribution in [0.15, 0.2) is 84.0 Å². The third kappa shape index (κ3) is 2.12. The van der Waals surface area contributed by atoms with Gasteiger partial charge in [-0.1, -0.05) is 85.0 Å². The SMILES string of the molecule is CC12C3=Cc4c(n(N)c5c6ccccc6c6ccccc6c45)C=C1C=CC2(CN(N)F)C=C3. The minimum Gasteiger partial charge on any atom is -0.339 e. The summed E-state index contributed by atoms with van der Waals surface area (Å²) < 4.78 is 15.7. The Balaban J connectivity index is 1.64. The molecule has 2 unspecified atom stereocenters. The van der Waals surface area contributed by atoms with Crippen LogP contribution in [0.2, 0.25) is 0 Å². The normalized spacial score (nSPS) is 25.1. The third-order valence-corrected chi connectivity index (χ3v) is 8.16. The Labute approximate surface area is 190 Å². The first-order valence-corrected chi connectivity index (χ1v) is 11.2. The Morgan fingerprint density at radius 3 is 2.12 bits per heavy atom. The molecule has 7 rings (SSSR count). The zero-order chi connectivity index (χ0) is 22.5. The molecule has 1 aromatic heterocycles. The molecule has 33 heavy (non-hydrogen) atoms. The Morgan fingerprint density at radius 1 is 0.879 bits per heavy atom. The molecule has 3 aliphatic carbocycles. The van der Waals surface area contributed by atoms with Gasteiger partial charge in [-0.25, -0.2) is 5.84 Å². The molecule has 3 aliphatic rings. The predicted octanol–water partition coefficient (Wildman–Crippen LogP) is 5.63. The maximum absolute atomic E-state index is 13.9. The molecule has 5 heteroatoms. The lowest BCUT2D eigenvalue weighted by molar-refractivity contribution is -0.0112. The van der Waals surface area contributed by atoms with E-state index in [1.54, 1.807) is 0 Å². The Kier molecular flexibility index (Phi) is 3.44. The number of halogens is 1. The van der Waals surface area contributed by atoms with Crippen LogP contribution < -0.4 is 11.7 Å². The summed E-state index contributed by atoms with van der Waals surface area (Å²) >= 11 is 0. The number of fused-ring (bicyclic) bond motifs is 8. The quantitative estimate of drug-likeness (QED) is 0.186. The molecular weight excluding hydrogens is 411 g/mol. The lowest BCUT2D eigenvalue weighted by atomic mass is 9.65. The van der Waals surface area contributed by atoms with Crippen molar-refractivity contribution < 1.29 is 4.48 Å². The summed E-state index contributed by atoms with van der Waals surface area (Å²) in [5.74, 6) is 12.3. The van der Waals surface area contributed by atoms with Crippen molar-refractivity contribution in [3.05, 3.63) is 95.2 Å². The lowest BCUT2D eigenvalue weighted by Gasteiger charge is -2.39. The van der Waals surface area contributed by atoms with Gasteiger partial charge in [0.2, 0.25) is 0 Å². The van der Waals surface area contributed by atoms with Crippen LogP contribution in [0.25, 0.3) is 44.6 Å². The number of hydrogen-bond acceptors (Lipinski definition) is 3. The zero-order valence-corrected chi connectivity index (χ0v) is 18.2. The van der Waals surface area contributed by atoms with Gasteiger partial charge in [0.1, 0.15) is 0 Å². The van der Waals surface area contributed by atoms with Crippen molar-refractivity contribution in [1.29, 1.82) is 0 Å². The molecule has 3 aromatic carbocycles. The van der Waals surface area contributed by atoms with Crippen LogP contribution in [0, 0.1) is 10.8 Å². The monoisotopic (exact) mass is 434 g/mol. The fourth-order valence-electron chi connectivity index (χ4n) is 6.42. The number of allylic oxidation sites excluding steroid dienone is 4. The highest BCUT2D eigenvalue weighted by molar-refractivity contribution is 6.27. The van der Waals surface area contributed by atoms with E-state index >= 15 is 0 Å². The van der Waals surface area contributed by atoms with E-state index in [2.05, 4.69) is 91.9 Å². The summed E-state index contributed by atoms with van der Waals surface area (Å²) in [7, 11) is 0. The van der Waals surface area contributed by atoms with E-state index < -0.39 is 10.8 Å². The Bertz CT molecular complexity index is 1650. The largest absolute Gasteiger partial charge is 0.339 e. The van der Waals surface area contributed by atoms with Crippen molar-refractivity contribution in [2.75, 3.05) is 12.4 Å². The zero-order valence-electron chi connectivity index (χ0n) is 18.2. The van der Waals surface area contributed by atoms with Crippen molar-refractivity contribution >= 4 is 44.6 Å². The molecule has 0 amide bonds. The third-order valence-electron chi connectivity index (χ3n) is 8.16. The summed E-state index contributed by atoms with van der Waals surface area (Å²) in [5, 5.41) is 6.16. The van der Waals surface area contributed by atoms with E-state index in [1.165, 1.54) is 16.2 Å². The number of nitrogens with two attached hydrogens (primary N) is 2. The van der Waals surface area contributed by atoms with Gasteiger partial charge in [0, 0.05) is 27.2 Å². The molecule has 0 aliphatic heterocycles. The summed E-state index contributed by atoms with van der Waals surface area (Å²) in [6.45, 7) is 2.27. The summed E-state index contributed by atoms with van der Waals surface area (Å²) in [6.07, 6.45) is 12.8. The molecule has 0 saturated heterocycles. The van der Waals surface area contributed by atoms with E-state index in [0.717, 1.165) is 38.7 Å². The van der Waals surface area contributed by atoms with Gasteiger partial charge in [-0.2, -0.15) is 0 Å². The van der Waals surface area contributed by atoms with Crippen molar-refractivity contribution in [1.82, 2.24) is 9.91 Å². The highest BCUT2D eigenvalue weighted by Crippen LogP contribution is 2.63. The standard InChI is InChI=1S/C28H23FN4/c1-27-17-10-12-28(27,16-32(29)30)13-11-18(27)15-24-23(14-17)25-21-8-4-2-6-19(21)20-7-3-5-9-22(20)26(25)33(24)31/h2-15H,16,30-31H2,1H3. The first-order valence-electron chi connectivity index (χ1n) is 11.2. The highest BCUT2D eigenvalue weighted by atomic mass is 19.2. The second kappa shape index (κ2) is 6.01. The minimum atomic E-state index is -0.526. The molecule has 0 saturated carbocycles. The number of hydrogen-bond donors (Lipinski definition) is 2. The summed E-state index contributed by atoms with van der Waals surface area (Å²) in [6, 6.07) is 16.9. The topological polar surface area (TPSA) is 60.2 Å². The second-order valence-corrected chi connectivity index (χ2v) is 9.57. The number of nitrogen functional groups attached to an aromatic ring is 1. The van der Waals surface area contributed by atoms with Crippen molar-refractivity contribution in [3.8, 4) is 0 Å². The van der Waals surface area contributed by atoms with Gasteiger partial charge in [0.05, 0.1) is 17.8 Å². The molecule has 1 heterocycles. The van der Waals surface area contributed by atoms with Crippen LogP contribution in [0.5, 0.6) is 0 Å². The van der Waals surface area contributed by atoms with E-state index in [1.807, 2.05) is 4.68 Å². The number of nitrogens with zero attached hydrogens (tertiary/aromatic N) is 2. The first-order chi connectivity index (χ1) is 15.9. The fourth-order valence-corrected chi connectivity index (χ4v) is 6.42. The Morgan fingerprint density at radius 2 is 1.45 bits per heavy atom. The molecule has 0 fully saturated rings. The maximum atomic E-state index is 13.9. The fraction of sp³-hybridized carbons (Fsp3) is 0.143. The van der Waals surface area contributed by atoms with E-state index in [-0.39, 0.29) is 6.54 Å². The van der Waals surface area contributed by atoms with E-state index in [4.69, 9.17) is 11.7 Å². The molecule has 4 nitrogen and oxygen atoms in total. The first kappa shape index (κ1) is 18.9. The predicted molar refractivity (Wildman–Crippen MR) is 134 cm³/mol. The van der Waals surface area contributed by atoms with Crippen LogP contribution in [-0.2, 0) is 0 Å². The van der Waals surface area contributed by atoms with Gasteiger partial charge in [-0.05, 0) is 39.5 Å². The minimum absolute atomic E-state index is 0.0896. The lowest BCUT2D eigenvalue weighted by Crippen LogP contribution is -2.42. The van der Waals surface area contributed by atoms with E-state index in [0.29, 0.717) is 5.23 Å². The summed E-state index contributed by atoms with van der Waals surface area (Å²) in [5.41, 5.74) is 4.41. The molecule has 4 aromatic rings. The molecule has 2 atom stereocenters. The second-order valence-electron chi connectivity index (χ2n) is 9.57. The number of rotatable bonds is 2. The van der Waals surface area contributed by atoms with Gasteiger partial charge in [-0.3, -0.25) is 4.68 Å². The van der Waals surface area contributed by atoms with Crippen LogP contribution >= 0.6 is 0 Å². The average molecular weight is 435 g/mol. The van der Waals surface area contributed by atoms with E-state index in [9.17, 15) is 4.48 Å². The van der Waals surface area contributed by atoms with Crippen molar-refractivity contribution in [2.24, 2.45) is 16.7 Å². The van der Waals surface area contributed by atoms with Gasteiger partial charge in [0.25, 0.3) is 0 Å². The molecule has 162 valence electrons. The van der Waals surface area contributed by atoms with Crippen LogP contribution in [-0.4, -0.2) is 16.5 Å². The number of aromatic nitrogens is 1. The Hall–Kier alpha value is -3.67. The number of benzene rings is 3. The van der Waals surface area contributed by atoms with Gasteiger partial charge in [0.15, 0.2) is 0 Å². The van der Waals surface area contributed by atoms with Gasteiger partial charge >= 0.3 is 0 Å². The maximum Gasteiger partial charge on any atom is 0.0788 e. The van der Waals surface area contributed by atoms with Crippen molar-refractivity contribution in [3.63, 3.8) is 0 Å². The molecule has 4 N–H and O–H groups in total. The van der Waals surface area contributed by atoms with Crippen molar-refractivity contribution in [2.45, 2.75) is 6.92 Å². The van der Waals surface area contributed by atoms with Crippen LogP contribution in [0.3, 0.4) is 0 Å². The smallest absolute Gasteiger partial charge is 0.0788 e. The molecule has 0 radical (unpaired) electrons. The van der Waals surface area contributed by atoms with Gasteiger partial charge in [-0.15, -0.1) is 4.48 Å². The molecule has 0 bridgehead atoms. The van der Waals surface area contributed by atoms with Crippen LogP contribution in [0.4, 0.5) is 4.48 Å². The number of hydrazine groups is 1. The van der Waals surface area contributed by atoms with Crippen LogP contribution in [0.1, 0.15) is 18.2 Å².